The van der Waals surface area contributed by atoms with Crippen molar-refractivity contribution in [2.75, 3.05) is 40.3 Å². The monoisotopic (exact) mass is 373 g/mol. The van der Waals surface area contributed by atoms with Crippen LogP contribution in [0.3, 0.4) is 0 Å². The number of likely N-dealkylation sites (N-methyl/N-ethyl adjacent to an activating group) is 1. The number of rotatable bonds is 6. The van der Waals surface area contributed by atoms with E-state index in [1.807, 2.05) is 18.2 Å². The van der Waals surface area contributed by atoms with Crippen molar-refractivity contribution in [2.24, 2.45) is 0 Å². The molecule has 5 nitrogen and oxygen atoms in total. The number of ether oxygens (including phenoxy) is 1. The van der Waals surface area contributed by atoms with Crippen LogP contribution in [0.1, 0.15) is 28.2 Å². The zero-order valence-electron chi connectivity index (χ0n) is 15.6. The first-order chi connectivity index (χ1) is 12.6. The second-order valence-corrected chi connectivity index (χ2v) is 7.74. The predicted octanol–water partition coefficient (Wildman–Crippen LogP) is 2.86. The first kappa shape index (κ1) is 18.9. The van der Waals surface area contributed by atoms with Gasteiger partial charge in [-0.1, -0.05) is 18.2 Å². The van der Waals surface area contributed by atoms with Gasteiger partial charge >= 0.3 is 0 Å². The topological polar surface area (TPSA) is 44.8 Å². The van der Waals surface area contributed by atoms with Crippen molar-refractivity contribution in [3.05, 3.63) is 52.2 Å². The summed E-state index contributed by atoms with van der Waals surface area (Å²) in [6.07, 6.45) is 0. The Morgan fingerprint density at radius 2 is 1.88 bits per heavy atom. The molecule has 0 spiro atoms. The Morgan fingerprint density at radius 3 is 2.54 bits per heavy atom. The third kappa shape index (κ3) is 4.26. The summed E-state index contributed by atoms with van der Waals surface area (Å²) in [4.78, 5) is 19.0. The van der Waals surface area contributed by atoms with Crippen LogP contribution >= 0.6 is 11.3 Å². The van der Waals surface area contributed by atoms with Crippen LogP contribution < -0.4 is 10.1 Å². The Morgan fingerprint density at radius 1 is 1.15 bits per heavy atom. The fourth-order valence-corrected chi connectivity index (χ4v) is 4.46. The highest BCUT2D eigenvalue weighted by Crippen LogP contribution is 2.29. The molecule has 2 atom stereocenters. The van der Waals surface area contributed by atoms with Crippen LogP contribution in [-0.2, 0) is 0 Å². The third-order valence-electron chi connectivity index (χ3n) is 4.95. The maximum atomic E-state index is 12.8. The van der Waals surface area contributed by atoms with Crippen LogP contribution in [0.2, 0.25) is 0 Å². The van der Waals surface area contributed by atoms with Gasteiger partial charge in [0.25, 0.3) is 5.91 Å². The van der Waals surface area contributed by atoms with Gasteiger partial charge < -0.3 is 15.0 Å². The highest BCUT2D eigenvalue weighted by atomic mass is 32.1. The molecule has 1 aromatic heterocycles. The summed E-state index contributed by atoms with van der Waals surface area (Å²) in [7, 11) is 3.75. The van der Waals surface area contributed by atoms with E-state index in [2.05, 4.69) is 46.6 Å². The van der Waals surface area contributed by atoms with Gasteiger partial charge in [0.1, 0.15) is 5.75 Å². The smallest absolute Gasteiger partial charge is 0.255 e. The number of nitrogens with zero attached hydrogens (tertiary/aromatic N) is 2. The molecule has 0 bridgehead atoms. The van der Waals surface area contributed by atoms with Crippen molar-refractivity contribution in [3.8, 4) is 5.75 Å². The first-order valence-corrected chi connectivity index (χ1v) is 9.88. The standard InChI is InChI=1S/C20H27N3O2S/c1-15(21-20(24)16-7-4-5-8-17(16)25-3)19(18-9-6-14-26-18)23-12-10-22(2)11-13-23/h4-9,14-15,19H,10-13H2,1-3H3,(H,21,24)/t15-,19+/m0/s1. The molecule has 1 amide bonds. The van der Waals surface area contributed by atoms with Crippen molar-refractivity contribution in [1.29, 1.82) is 0 Å². The summed E-state index contributed by atoms with van der Waals surface area (Å²) >= 11 is 1.75. The lowest BCUT2D eigenvalue weighted by molar-refractivity contribution is 0.0797. The normalized spacial score (nSPS) is 18.3. The van der Waals surface area contributed by atoms with Gasteiger partial charge in [0.2, 0.25) is 0 Å². The molecule has 0 unspecified atom stereocenters. The highest BCUT2D eigenvalue weighted by Gasteiger charge is 2.30. The fourth-order valence-electron chi connectivity index (χ4n) is 3.50. The van der Waals surface area contributed by atoms with Gasteiger partial charge in [0.15, 0.2) is 0 Å². The molecule has 1 fully saturated rings. The number of para-hydroxylation sites is 1. The minimum absolute atomic E-state index is 0.00512. The summed E-state index contributed by atoms with van der Waals surface area (Å²) < 4.78 is 5.33. The molecule has 0 saturated carbocycles. The minimum Gasteiger partial charge on any atom is -0.496 e. The number of carbonyl (C=O) groups is 1. The van der Waals surface area contributed by atoms with E-state index in [-0.39, 0.29) is 18.0 Å². The number of hydrogen-bond donors (Lipinski definition) is 1. The highest BCUT2D eigenvalue weighted by molar-refractivity contribution is 7.10. The number of nitrogens with one attached hydrogen (secondary N) is 1. The molecule has 26 heavy (non-hydrogen) atoms. The van der Waals surface area contributed by atoms with E-state index >= 15 is 0 Å². The second-order valence-electron chi connectivity index (χ2n) is 6.76. The molecule has 2 heterocycles. The van der Waals surface area contributed by atoms with Crippen LogP contribution in [-0.4, -0.2) is 62.1 Å². The molecule has 2 aromatic rings. The molecule has 1 saturated heterocycles. The maximum Gasteiger partial charge on any atom is 0.255 e. The zero-order chi connectivity index (χ0) is 18.5. The van der Waals surface area contributed by atoms with Gasteiger partial charge in [-0.15, -0.1) is 11.3 Å². The third-order valence-corrected chi connectivity index (χ3v) is 5.89. The van der Waals surface area contributed by atoms with Crippen LogP contribution in [0.15, 0.2) is 41.8 Å². The quantitative estimate of drug-likeness (QED) is 0.846. The van der Waals surface area contributed by atoms with Crippen LogP contribution in [0.5, 0.6) is 5.75 Å². The molecular formula is C20H27N3O2S. The van der Waals surface area contributed by atoms with E-state index in [0.717, 1.165) is 26.2 Å². The molecular weight excluding hydrogens is 346 g/mol. The Hall–Kier alpha value is -1.89. The number of thiophene rings is 1. The molecule has 0 radical (unpaired) electrons. The zero-order valence-corrected chi connectivity index (χ0v) is 16.5. The van der Waals surface area contributed by atoms with Gasteiger partial charge in [-0.3, -0.25) is 9.69 Å². The Balaban J connectivity index is 1.77. The van der Waals surface area contributed by atoms with Crippen LogP contribution in [0, 0.1) is 0 Å². The largest absolute Gasteiger partial charge is 0.496 e. The summed E-state index contributed by atoms with van der Waals surface area (Å²) in [6.45, 7) is 6.21. The second kappa shape index (κ2) is 8.66. The van der Waals surface area contributed by atoms with E-state index in [9.17, 15) is 4.79 Å². The van der Waals surface area contributed by atoms with Crippen molar-refractivity contribution in [1.82, 2.24) is 15.1 Å². The van der Waals surface area contributed by atoms with E-state index in [0.29, 0.717) is 11.3 Å². The van der Waals surface area contributed by atoms with Gasteiger partial charge in [0.05, 0.1) is 18.7 Å². The maximum absolute atomic E-state index is 12.8. The molecule has 3 rings (SSSR count). The number of carbonyl (C=O) groups excluding carboxylic acids is 1. The number of amides is 1. The number of benzene rings is 1. The van der Waals surface area contributed by atoms with Gasteiger partial charge in [-0.25, -0.2) is 0 Å². The molecule has 1 aliphatic rings. The van der Waals surface area contributed by atoms with Crippen molar-refractivity contribution >= 4 is 17.2 Å². The molecule has 1 aliphatic heterocycles. The van der Waals surface area contributed by atoms with E-state index in [1.165, 1.54) is 4.88 Å². The number of hydrogen-bond acceptors (Lipinski definition) is 5. The Bertz CT molecular complexity index is 712. The average Bonchev–Trinajstić information content (AvgIpc) is 3.17. The van der Waals surface area contributed by atoms with E-state index in [4.69, 9.17) is 4.74 Å². The number of methoxy groups -OCH3 is 1. The molecule has 140 valence electrons. The Kier molecular flexibility index (Phi) is 6.29. The van der Waals surface area contributed by atoms with Gasteiger partial charge in [0, 0.05) is 37.1 Å². The van der Waals surface area contributed by atoms with E-state index in [1.54, 1.807) is 24.5 Å². The SMILES string of the molecule is COc1ccccc1C(=O)N[C@@H](C)[C@H](c1cccs1)N1CCN(C)CC1. The minimum atomic E-state index is -0.0920. The van der Waals surface area contributed by atoms with Crippen molar-refractivity contribution in [2.45, 2.75) is 19.0 Å². The van der Waals surface area contributed by atoms with Gasteiger partial charge in [-0.05, 0) is 37.6 Å². The summed E-state index contributed by atoms with van der Waals surface area (Å²) in [6, 6.07) is 11.8. The summed E-state index contributed by atoms with van der Waals surface area (Å²) in [5, 5.41) is 5.30. The summed E-state index contributed by atoms with van der Waals surface area (Å²) in [5.74, 6) is 0.509. The first-order valence-electron chi connectivity index (χ1n) is 9.00. The predicted molar refractivity (Wildman–Crippen MR) is 106 cm³/mol. The average molecular weight is 374 g/mol. The van der Waals surface area contributed by atoms with Crippen molar-refractivity contribution in [3.63, 3.8) is 0 Å². The molecule has 1 aromatic carbocycles. The van der Waals surface area contributed by atoms with E-state index < -0.39 is 0 Å². The lowest BCUT2D eigenvalue weighted by Crippen LogP contribution is -2.51. The lowest BCUT2D eigenvalue weighted by Gasteiger charge is -2.40. The van der Waals surface area contributed by atoms with Gasteiger partial charge in [-0.2, -0.15) is 0 Å². The fraction of sp³-hybridized carbons (Fsp3) is 0.450. The summed E-state index contributed by atoms with van der Waals surface area (Å²) in [5.41, 5.74) is 0.574. The lowest BCUT2D eigenvalue weighted by atomic mass is 10.0. The van der Waals surface area contributed by atoms with Crippen LogP contribution in [0.25, 0.3) is 0 Å². The van der Waals surface area contributed by atoms with Crippen LogP contribution in [0.4, 0.5) is 0 Å². The van der Waals surface area contributed by atoms with Crippen molar-refractivity contribution < 1.29 is 9.53 Å². The molecule has 1 N–H and O–H groups in total. The number of piperazine rings is 1. The Labute approximate surface area is 159 Å². The molecule has 0 aliphatic carbocycles. The molecule has 6 heteroatoms.